The largest absolute Gasteiger partial charge is 0.309 e. The van der Waals surface area contributed by atoms with Crippen molar-refractivity contribution in [2.24, 2.45) is 0 Å². The summed E-state index contributed by atoms with van der Waals surface area (Å²) in [6.45, 7) is 7.55. The van der Waals surface area contributed by atoms with E-state index in [0.29, 0.717) is 6.04 Å². The number of thioether (sulfide) groups is 1. The fraction of sp³-hybridized carbons (Fsp3) is 0.375. The van der Waals surface area contributed by atoms with Crippen molar-refractivity contribution in [1.29, 1.82) is 0 Å². The Morgan fingerprint density at radius 3 is 2.79 bits per heavy atom. The van der Waals surface area contributed by atoms with Gasteiger partial charge in [0.25, 0.3) is 0 Å². The molecule has 1 nitrogen and oxygen atoms in total. The van der Waals surface area contributed by atoms with Crippen molar-refractivity contribution in [3.8, 4) is 0 Å². The Kier molecular flexibility index (Phi) is 5.49. The Bertz CT molecular complexity index is 505. The molecule has 1 unspecified atom stereocenters. The Labute approximate surface area is 124 Å². The van der Waals surface area contributed by atoms with Crippen molar-refractivity contribution in [3.63, 3.8) is 0 Å². The summed E-state index contributed by atoms with van der Waals surface area (Å²) < 4.78 is 1.40. The maximum atomic E-state index is 3.61. The zero-order valence-corrected chi connectivity index (χ0v) is 13.4. The Hall–Kier alpha value is -0.770. The number of thiophene rings is 1. The number of nitrogens with one attached hydrogen (secondary N) is 1. The van der Waals surface area contributed by atoms with E-state index >= 15 is 0 Å². The van der Waals surface area contributed by atoms with Crippen LogP contribution in [0.3, 0.4) is 0 Å². The standard InChI is InChI=1S/C16H21NS2/c1-4-17-15(11-19-16-6-5-9-18-16)14-10-12(2)7-8-13(14)3/h5-10,15,17H,4,11H2,1-3H3. The highest BCUT2D eigenvalue weighted by molar-refractivity contribution is 8.01. The van der Waals surface area contributed by atoms with Crippen LogP contribution in [0.2, 0.25) is 0 Å². The van der Waals surface area contributed by atoms with E-state index < -0.39 is 0 Å². The van der Waals surface area contributed by atoms with Gasteiger partial charge in [0.1, 0.15) is 0 Å². The zero-order valence-electron chi connectivity index (χ0n) is 11.8. The molecule has 0 amide bonds. The van der Waals surface area contributed by atoms with E-state index in [1.165, 1.54) is 20.9 Å². The highest BCUT2D eigenvalue weighted by Crippen LogP contribution is 2.29. The second-order valence-corrected chi connectivity index (χ2v) is 6.98. The first-order chi connectivity index (χ1) is 9.20. The number of hydrogen-bond donors (Lipinski definition) is 1. The van der Waals surface area contributed by atoms with Crippen LogP contribution in [0.5, 0.6) is 0 Å². The lowest BCUT2D eigenvalue weighted by molar-refractivity contribution is 0.603. The molecule has 1 atom stereocenters. The lowest BCUT2D eigenvalue weighted by Crippen LogP contribution is -2.23. The van der Waals surface area contributed by atoms with E-state index in [9.17, 15) is 0 Å². The van der Waals surface area contributed by atoms with Crippen molar-refractivity contribution in [2.75, 3.05) is 12.3 Å². The van der Waals surface area contributed by atoms with Gasteiger partial charge in [0, 0.05) is 11.8 Å². The van der Waals surface area contributed by atoms with Crippen molar-refractivity contribution in [2.45, 2.75) is 31.0 Å². The molecule has 102 valence electrons. The first-order valence-corrected chi connectivity index (χ1v) is 8.54. The van der Waals surface area contributed by atoms with Gasteiger partial charge < -0.3 is 5.32 Å². The molecular weight excluding hydrogens is 270 g/mol. The quantitative estimate of drug-likeness (QED) is 0.767. The summed E-state index contributed by atoms with van der Waals surface area (Å²) in [4.78, 5) is 0. The van der Waals surface area contributed by atoms with Crippen molar-refractivity contribution < 1.29 is 0 Å². The molecule has 0 aliphatic carbocycles. The van der Waals surface area contributed by atoms with Crippen molar-refractivity contribution >= 4 is 23.1 Å². The summed E-state index contributed by atoms with van der Waals surface area (Å²) in [5.41, 5.74) is 4.15. The number of rotatable bonds is 6. The highest BCUT2D eigenvalue weighted by atomic mass is 32.2. The third kappa shape index (κ3) is 4.10. The zero-order chi connectivity index (χ0) is 13.7. The molecule has 19 heavy (non-hydrogen) atoms. The average Bonchev–Trinajstić information content (AvgIpc) is 2.91. The van der Waals surface area contributed by atoms with Crippen LogP contribution in [0.25, 0.3) is 0 Å². The normalized spacial score (nSPS) is 12.6. The van der Waals surface area contributed by atoms with Crippen LogP contribution in [0, 0.1) is 13.8 Å². The minimum atomic E-state index is 0.428. The third-order valence-corrected chi connectivity index (χ3v) is 5.37. The molecule has 0 fully saturated rings. The van der Waals surface area contributed by atoms with Crippen LogP contribution >= 0.6 is 23.1 Å². The van der Waals surface area contributed by atoms with Gasteiger partial charge in [-0.3, -0.25) is 0 Å². The predicted octanol–water partition coefficient (Wildman–Crippen LogP) is 4.81. The summed E-state index contributed by atoms with van der Waals surface area (Å²) in [5, 5.41) is 5.75. The molecule has 0 saturated carbocycles. The molecule has 0 spiro atoms. The van der Waals surface area contributed by atoms with Crippen LogP contribution < -0.4 is 5.32 Å². The van der Waals surface area contributed by atoms with E-state index in [1.54, 1.807) is 0 Å². The lowest BCUT2D eigenvalue weighted by Gasteiger charge is -2.20. The van der Waals surface area contributed by atoms with Gasteiger partial charge in [-0.15, -0.1) is 23.1 Å². The monoisotopic (exact) mass is 291 g/mol. The van der Waals surface area contributed by atoms with Gasteiger partial charge in [-0.25, -0.2) is 0 Å². The minimum Gasteiger partial charge on any atom is -0.309 e. The van der Waals surface area contributed by atoms with Gasteiger partial charge in [0.15, 0.2) is 0 Å². The van der Waals surface area contributed by atoms with Crippen LogP contribution in [0.15, 0.2) is 39.9 Å². The second-order valence-electron chi connectivity index (χ2n) is 4.71. The summed E-state index contributed by atoms with van der Waals surface area (Å²) in [6.07, 6.45) is 0. The van der Waals surface area contributed by atoms with Gasteiger partial charge >= 0.3 is 0 Å². The fourth-order valence-corrected chi connectivity index (χ4v) is 4.05. The molecule has 0 bridgehead atoms. The van der Waals surface area contributed by atoms with E-state index in [0.717, 1.165) is 12.3 Å². The summed E-state index contributed by atoms with van der Waals surface area (Å²) >= 11 is 3.76. The first-order valence-electron chi connectivity index (χ1n) is 6.67. The van der Waals surface area contributed by atoms with Crippen LogP contribution in [0.4, 0.5) is 0 Å². The van der Waals surface area contributed by atoms with Gasteiger partial charge in [-0.2, -0.15) is 0 Å². The molecule has 1 N–H and O–H groups in total. The maximum Gasteiger partial charge on any atom is 0.0599 e. The molecule has 0 aliphatic heterocycles. The molecule has 1 aromatic heterocycles. The molecule has 1 heterocycles. The van der Waals surface area contributed by atoms with Crippen LogP contribution in [-0.4, -0.2) is 12.3 Å². The smallest absolute Gasteiger partial charge is 0.0599 e. The van der Waals surface area contributed by atoms with Crippen molar-refractivity contribution in [3.05, 3.63) is 52.4 Å². The molecule has 0 saturated heterocycles. The SMILES string of the molecule is CCNC(CSc1cccs1)c1cc(C)ccc1C. The maximum absolute atomic E-state index is 3.61. The van der Waals surface area contributed by atoms with Gasteiger partial charge in [-0.05, 0) is 43.0 Å². The van der Waals surface area contributed by atoms with Crippen molar-refractivity contribution in [1.82, 2.24) is 5.32 Å². The molecule has 3 heteroatoms. The van der Waals surface area contributed by atoms with Gasteiger partial charge in [0.2, 0.25) is 0 Å². The lowest BCUT2D eigenvalue weighted by atomic mass is 10.00. The molecule has 0 radical (unpaired) electrons. The number of benzene rings is 1. The summed E-state index contributed by atoms with van der Waals surface area (Å²) in [7, 11) is 0. The third-order valence-electron chi connectivity index (χ3n) is 3.15. The topological polar surface area (TPSA) is 12.0 Å². The van der Waals surface area contributed by atoms with E-state index in [2.05, 4.69) is 61.8 Å². The molecule has 1 aromatic carbocycles. The molecule has 0 aliphatic rings. The van der Waals surface area contributed by atoms with Gasteiger partial charge in [-0.1, -0.05) is 36.8 Å². The summed E-state index contributed by atoms with van der Waals surface area (Å²) in [6, 6.07) is 11.5. The Morgan fingerprint density at radius 2 is 2.11 bits per heavy atom. The fourth-order valence-electron chi connectivity index (χ4n) is 2.15. The predicted molar refractivity (Wildman–Crippen MR) is 87.4 cm³/mol. The van der Waals surface area contributed by atoms with Gasteiger partial charge in [0.05, 0.1) is 4.21 Å². The highest BCUT2D eigenvalue weighted by Gasteiger charge is 2.13. The average molecular weight is 291 g/mol. The van der Waals surface area contributed by atoms with E-state index in [1.807, 2.05) is 23.1 Å². The molecular formula is C16H21NS2. The molecule has 2 aromatic rings. The summed E-state index contributed by atoms with van der Waals surface area (Å²) in [5.74, 6) is 1.08. The second kappa shape index (κ2) is 7.13. The van der Waals surface area contributed by atoms with E-state index in [-0.39, 0.29) is 0 Å². The van der Waals surface area contributed by atoms with Crippen LogP contribution in [0.1, 0.15) is 29.7 Å². The Balaban J connectivity index is 2.12. The Morgan fingerprint density at radius 1 is 1.26 bits per heavy atom. The first kappa shape index (κ1) is 14.6. The number of aryl methyl sites for hydroxylation is 2. The minimum absolute atomic E-state index is 0.428. The number of hydrogen-bond acceptors (Lipinski definition) is 3. The van der Waals surface area contributed by atoms with Crippen LogP contribution in [-0.2, 0) is 0 Å². The van der Waals surface area contributed by atoms with E-state index in [4.69, 9.17) is 0 Å². The molecule has 2 rings (SSSR count).